The van der Waals surface area contributed by atoms with Crippen molar-refractivity contribution in [3.8, 4) is 11.1 Å². The van der Waals surface area contributed by atoms with Gasteiger partial charge in [-0.3, -0.25) is 4.79 Å². The monoisotopic (exact) mass is 450 g/mol. The Morgan fingerprint density at radius 2 is 1.61 bits per heavy atom. The van der Waals surface area contributed by atoms with E-state index in [0.29, 0.717) is 19.3 Å². The summed E-state index contributed by atoms with van der Waals surface area (Å²) in [6, 6.07) is 15.3. The molecule has 174 valence electrons. The molecule has 2 aromatic carbocycles. The highest BCUT2D eigenvalue weighted by Gasteiger charge is 2.38. The van der Waals surface area contributed by atoms with Gasteiger partial charge in [0.05, 0.1) is 0 Å². The molecule has 2 aromatic rings. The van der Waals surface area contributed by atoms with Crippen LogP contribution in [0.4, 0.5) is 4.79 Å². The Labute approximate surface area is 193 Å². The van der Waals surface area contributed by atoms with Crippen LogP contribution in [-0.2, 0) is 14.3 Å². The Kier molecular flexibility index (Phi) is 6.67. The quantitative estimate of drug-likeness (QED) is 0.565. The summed E-state index contributed by atoms with van der Waals surface area (Å²) in [6.07, 6.45) is 1.11. The van der Waals surface area contributed by atoms with Crippen LogP contribution >= 0.6 is 0 Å². The zero-order chi connectivity index (χ0) is 23.5. The molecule has 2 aliphatic carbocycles. The minimum absolute atomic E-state index is 0.00317. The molecular formula is C26H30N2O5. The molecule has 0 spiro atoms. The maximum Gasteiger partial charge on any atom is 0.407 e. The fourth-order valence-corrected chi connectivity index (χ4v) is 4.71. The molecular weight excluding hydrogens is 420 g/mol. The van der Waals surface area contributed by atoms with Crippen molar-refractivity contribution in [2.75, 3.05) is 6.61 Å². The van der Waals surface area contributed by atoms with Gasteiger partial charge in [0.25, 0.3) is 0 Å². The molecule has 4 rings (SSSR count). The van der Waals surface area contributed by atoms with Crippen molar-refractivity contribution < 1.29 is 24.2 Å². The second-order valence-electron chi connectivity index (χ2n) is 9.05. The molecule has 3 N–H and O–H groups in total. The van der Waals surface area contributed by atoms with Crippen LogP contribution in [0.1, 0.15) is 50.2 Å². The number of hydrogen-bond acceptors (Lipinski definition) is 4. The van der Waals surface area contributed by atoms with Crippen LogP contribution in [0.5, 0.6) is 0 Å². The third-order valence-electron chi connectivity index (χ3n) is 6.95. The molecule has 0 aliphatic heterocycles. The molecule has 1 saturated carbocycles. The van der Waals surface area contributed by atoms with Crippen molar-refractivity contribution in [1.82, 2.24) is 10.6 Å². The van der Waals surface area contributed by atoms with E-state index in [-0.39, 0.29) is 36.3 Å². The van der Waals surface area contributed by atoms with Gasteiger partial charge in [0, 0.05) is 17.9 Å². The van der Waals surface area contributed by atoms with Gasteiger partial charge < -0.3 is 20.5 Å². The van der Waals surface area contributed by atoms with Crippen molar-refractivity contribution in [3.05, 3.63) is 59.7 Å². The summed E-state index contributed by atoms with van der Waals surface area (Å²) in [5.74, 6) is -1.74. The number of aliphatic carboxylic acids is 1. The van der Waals surface area contributed by atoms with Crippen molar-refractivity contribution >= 4 is 18.0 Å². The van der Waals surface area contributed by atoms with Crippen LogP contribution in [0.2, 0.25) is 0 Å². The lowest BCUT2D eigenvalue weighted by Gasteiger charge is -2.35. The molecule has 0 bridgehead atoms. The largest absolute Gasteiger partial charge is 0.480 e. The van der Waals surface area contributed by atoms with Crippen LogP contribution in [0.3, 0.4) is 0 Å². The number of carbonyl (C=O) groups excluding carboxylic acids is 2. The van der Waals surface area contributed by atoms with E-state index in [2.05, 4.69) is 34.9 Å². The summed E-state index contributed by atoms with van der Waals surface area (Å²) in [5, 5.41) is 14.8. The molecule has 33 heavy (non-hydrogen) atoms. The van der Waals surface area contributed by atoms with Crippen molar-refractivity contribution in [1.29, 1.82) is 0 Å². The Hall–Kier alpha value is -3.35. The minimum Gasteiger partial charge on any atom is -0.480 e. The van der Waals surface area contributed by atoms with Crippen LogP contribution in [0, 0.1) is 11.8 Å². The third-order valence-corrected chi connectivity index (χ3v) is 6.95. The number of alkyl carbamates (subject to hydrolysis) is 1. The molecule has 1 unspecified atom stereocenters. The van der Waals surface area contributed by atoms with Gasteiger partial charge in [-0.1, -0.05) is 68.8 Å². The van der Waals surface area contributed by atoms with Crippen LogP contribution in [0.15, 0.2) is 48.5 Å². The fourth-order valence-electron chi connectivity index (χ4n) is 4.71. The summed E-state index contributed by atoms with van der Waals surface area (Å²) < 4.78 is 5.56. The first-order valence-corrected chi connectivity index (χ1v) is 11.5. The summed E-state index contributed by atoms with van der Waals surface area (Å²) in [5.41, 5.74) is 4.65. The average molecular weight is 451 g/mol. The number of fused-ring (bicyclic) bond motifs is 3. The number of amides is 2. The van der Waals surface area contributed by atoms with E-state index >= 15 is 0 Å². The molecule has 0 aromatic heterocycles. The molecule has 7 nitrogen and oxygen atoms in total. The number of carbonyl (C=O) groups is 3. The maximum atomic E-state index is 12.4. The molecule has 0 saturated heterocycles. The van der Waals surface area contributed by atoms with Gasteiger partial charge in [0.1, 0.15) is 12.6 Å². The van der Waals surface area contributed by atoms with E-state index in [1.165, 1.54) is 11.1 Å². The van der Waals surface area contributed by atoms with E-state index in [0.717, 1.165) is 11.1 Å². The first-order chi connectivity index (χ1) is 15.9. The topological polar surface area (TPSA) is 105 Å². The molecule has 0 radical (unpaired) electrons. The highest BCUT2D eigenvalue weighted by atomic mass is 16.5. The number of rotatable bonds is 8. The number of nitrogens with one attached hydrogen (secondary N) is 2. The summed E-state index contributed by atoms with van der Waals surface area (Å²) in [4.78, 5) is 36.2. The van der Waals surface area contributed by atoms with E-state index < -0.39 is 18.1 Å². The second kappa shape index (κ2) is 9.65. The van der Waals surface area contributed by atoms with Gasteiger partial charge >= 0.3 is 12.1 Å². The Balaban J connectivity index is 1.26. The third kappa shape index (κ3) is 4.72. The van der Waals surface area contributed by atoms with Gasteiger partial charge in [-0.05, 0) is 41.0 Å². The standard InChI is InChI=1S/C26H30N2O5/c1-3-15(2)23(25(30)31)28-24(29)16-12-17(13-16)27-26(32)33-14-22-20-10-6-4-8-18(20)19-9-5-7-11-21(19)22/h4-11,15-17,22-23H,3,12-14H2,1-2H3,(H,27,32)(H,28,29)(H,30,31)/t15?,16?,17?,23-/m0/s1. The average Bonchev–Trinajstić information content (AvgIpc) is 3.11. The normalized spacial score (nSPS) is 20.5. The van der Waals surface area contributed by atoms with Crippen LogP contribution in [0.25, 0.3) is 11.1 Å². The Morgan fingerprint density at radius 1 is 1.03 bits per heavy atom. The fraction of sp³-hybridized carbons (Fsp3) is 0.423. The van der Waals surface area contributed by atoms with Crippen molar-refractivity contribution in [2.45, 2.75) is 51.1 Å². The lowest BCUT2D eigenvalue weighted by molar-refractivity contribution is -0.144. The zero-order valence-electron chi connectivity index (χ0n) is 18.9. The molecule has 2 aliphatic rings. The summed E-state index contributed by atoms with van der Waals surface area (Å²) in [6.45, 7) is 3.94. The van der Waals surface area contributed by atoms with Crippen molar-refractivity contribution in [2.24, 2.45) is 11.8 Å². The van der Waals surface area contributed by atoms with Gasteiger partial charge in [-0.2, -0.15) is 0 Å². The van der Waals surface area contributed by atoms with Crippen LogP contribution in [-0.4, -0.2) is 41.8 Å². The smallest absolute Gasteiger partial charge is 0.407 e. The zero-order valence-corrected chi connectivity index (χ0v) is 18.9. The molecule has 0 heterocycles. The van der Waals surface area contributed by atoms with E-state index in [1.807, 2.05) is 31.2 Å². The van der Waals surface area contributed by atoms with Gasteiger partial charge in [-0.15, -0.1) is 0 Å². The van der Waals surface area contributed by atoms with Gasteiger partial charge in [0.2, 0.25) is 5.91 Å². The second-order valence-corrected chi connectivity index (χ2v) is 9.05. The van der Waals surface area contributed by atoms with E-state index in [4.69, 9.17) is 4.74 Å². The SMILES string of the molecule is CCC(C)[C@H](NC(=O)C1CC(NC(=O)OCC2c3ccccc3-c3ccccc32)C1)C(=O)O. The first-order valence-electron chi connectivity index (χ1n) is 11.5. The number of benzene rings is 2. The number of hydrogen-bond donors (Lipinski definition) is 3. The lowest BCUT2D eigenvalue weighted by atomic mass is 9.79. The molecule has 2 atom stereocenters. The molecule has 2 amide bonds. The minimum atomic E-state index is -1.02. The summed E-state index contributed by atoms with van der Waals surface area (Å²) in [7, 11) is 0. The van der Waals surface area contributed by atoms with Crippen LogP contribution < -0.4 is 10.6 Å². The number of carboxylic acids is 1. The number of ether oxygens (including phenoxy) is 1. The van der Waals surface area contributed by atoms with Gasteiger partial charge in [0.15, 0.2) is 0 Å². The maximum absolute atomic E-state index is 12.4. The summed E-state index contributed by atoms with van der Waals surface area (Å²) >= 11 is 0. The highest BCUT2D eigenvalue weighted by molar-refractivity contribution is 5.86. The predicted molar refractivity (Wildman–Crippen MR) is 124 cm³/mol. The molecule has 1 fully saturated rings. The first kappa shape index (κ1) is 22.8. The van der Waals surface area contributed by atoms with E-state index in [9.17, 15) is 19.5 Å². The highest BCUT2D eigenvalue weighted by Crippen LogP contribution is 2.44. The Bertz CT molecular complexity index is 1000. The van der Waals surface area contributed by atoms with E-state index in [1.54, 1.807) is 6.92 Å². The number of carboxylic acid groups (broad SMARTS) is 1. The van der Waals surface area contributed by atoms with Gasteiger partial charge in [-0.25, -0.2) is 9.59 Å². The lowest BCUT2D eigenvalue weighted by Crippen LogP contribution is -2.53. The van der Waals surface area contributed by atoms with Crippen molar-refractivity contribution in [3.63, 3.8) is 0 Å². The predicted octanol–water partition coefficient (Wildman–Crippen LogP) is 3.92. The Morgan fingerprint density at radius 3 is 2.15 bits per heavy atom. The molecule has 7 heteroatoms.